The average Bonchev–Trinajstić information content (AvgIpc) is 2.67. The van der Waals surface area contributed by atoms with Crippen LogP contribution in [0.25, 0.3) is 10.8 Å². The summed E-state index contributed by atoms with van der Waals surface area (Å²) in [6, 6.07) is 22.5. The number of benzene rings is 3. The molecule has 0 fully saturated rings. The molecule has 3 aromatic carbocycles. The van der Waals surface area contributed by atoms with Crippen molar-refractivity contribution in [1.29, 1.82) is 0 Å². The van der Waals surface area contributed by atoms with Gasteiger partial charge < -0.3 is 5.32 Å². The third-order valence-electron chi connectivity index (χ3n) is 4.65. The average molecular weight is 365 g/mol. The molecule has 0 bridgehead atoms. The minimum Gasteiger partial charge on any atom is -0.324 e. The number of para-hydroxylation sites is 1. The summed E-state index contributed by atoms with van der Waals surface area (Å²) >= 11 is 1.63. The minimum absolute atomic E-state index is 0.00906. The van der Waals surface area contributed by atoms with Gasteiger partial charge in [0.05, 0.1) is 11.7 Å². The van der Waals surface area contributed by atoms with E-state index in [1.807, 2.05) is 50.6 Å². The van der Waals surface area contributed by atoms with Crippen LogP contribution in [-0.4, -0.2) is 30.2 Å². The zero-order chi connectivity index (χ0) is 18.5. The van der Waals surface area contributed by atoms with Gasteiger partial charge >= 0.3 is 0 Å². The summed E-state index contributed by atoms with van der Waals surface area (Å²) in [4.78, 5) is 15.8. The summed E-state index contributed by atoms with van der Waals surface area (Å²) < 4.78 is 0. The highest BCUT2D eigenvalue weighted by molar-refractivity contribution is 7.98. The van der Waals surface area contributed by atoms with Crippen LogP contribution in [0.5, 0.6) is 0 Å². The zero-order valence-corrected chi connectivity index (χ0v) is 16.2. The fourth-order valence-corrected chi connectivity index (χ4v) is 3.50. The maximum atomic E-state index is 12.7. The van der Waals surface area contributed by atoms with Crippen molar-refractivity contribution < 1.29 is 4.79 Å². The van der Waals surface area contributed by atoms with E-state index < -0.39 is 0 Å². The summed E-state index contributed by atoms with van der Waals surface area (Å²) in [6.45, 7) is 2.67. The normalized spacial score (nSPS) is 12.3. The van der Waals surface area contributed by atoms with Crippen LogP contribution in [-0.2, 0) is 11.3 Å². The van der Waals surface area contributed by atoms with Crippen molar-refractivity contribution >= 4 is 34.1 Å². The number of likely N-dealkylation sites (N-methyl/N-ethyl adjacent to an activating group) is 1. The van der Waals surface area contributed by atoms with Crippen LogP contribution in [0.2, 0.25) is 0 Å². The smallest absolute Gasteiger partial charge is 0.241 e. The second-order valence-corrected chi connectivity index (χ2v) is 7.31. The Morgan fingerprint density at radius 2 is 1.73 bits per heavy atom. The van der Waals surface area contributed by atoms with Crippen molar-refractivity contribution in [2.24, 2.45) is 0 Å². The van der Waals surface area contributed by atoms with Gasteiger partial charge in [0, 0.05) is 11.4 Å². The molecule has 0 heterocycles. The van der Waals surface area contributed by atoms with E-state index in [0.717, 1.165) is 17.1 Å². The first-order valence-corrected chi connectivity index (χ1v) is 9.93. The first kappa shape index (κ1) is 18.5. The van der Waals surface area contributed by atoms with E-state index in [-0.39, 0.29) is 11.9 Å². The van der Waals surface area contributed by atoms with E-state index in [1.54, 1.807) is 11.8 Å². The van der Waals surface area contributed by atoms with E-state index in [4.69, 9.17) is 0 Å². The largest absolute Gasteiger partial charge is 0.324 e. The molecule has 0 spiro atoms. The lowest BCUT2D eigenvalue weighted by atomic mass is 10.1. The second-order valence-electron chi connectivity index (χ2n) is 6.46. The fraction of sp³-hybridized carbons (Fsp3) is 0.227. The Hall–Kier alpha value is -2.30. The molecule has 0 saturated carbocycles. The standard InChI is InChI=1S/C22H24N2OS/c1-16(22(25)23-20-10-6-7-11-21(20)26-3)24(2)15-17-12-13-18-8-4-5-9-19(18)14-17/h4-14,16H,15H2,1-3H3,(H,23,25)/t16-/m1/s1. The maximum absolute atomic E-state index is 12.7. The Bertz CT molecular complexity index is 909. The van der Waals surface area contributed by atoms with Gasteiger partial charge in [0.25, 0.3) is 0 Å². The molecule has 0 aliphatic carbocycles. The molecule has 0 unspecified atom stereocenters. The Morgan fingerprint density at radius 3 is 2.50 bits per heavy atom. The molecule has 26 heavy (non-hydrogen) atoms. The van der Waals surface area contributed by atoms with Crippen molar-refractivity contribution in [2.75, 3.05) is 18.6 Å². The van der Waals surface area contributed by atoms with Crippen LogP contribution in [0.1, 0.15) is 12.5 Å². The van der Waals surface area contributed by atoms with Crippen molar-refractivity contribution in [3.63, 3.8) is 0 Å². The van der Waals surface area contributed by atoms with Crippen molar-refractivity contribution in [3.8, 4) is 0 Å². The third kappa shape index (κ3) is 4.26. The predicted molar refractivity (Wildman–Crippen MR) is 112 cm³/mol. The van der Waals surface area contributed by atoms with E-state index >= 15 is 0 Å². The monoisotopic (exact) mass is 364 g/mol. The molecular weight excluding hydrogens is 340 g/mol. The lowest BCUT2D eigenvalue weighted by Gasteiger charge is -2.24. The number of thioether (sulfide) groups is 1. The van der Waals surface area contributed by atoms with E-state index in [0.29, 0.717) is 0 Å². The van der Waals surface area contributed by atoms with Crippen LogP contribution in [0.15, 0.2) is 71.6 Å². The number of hydrogen-bond donors (Lipinski definition) is 1. The molecule has 0 aliphatic rings. The highest BCUT2D eigenvalue weighted by Crippen LogP contribution is 2.25. The van der Waals surface area contributed by atoms with Gasteiger partial charge in [0.2, 0.25) is 5.91 Å². The first-order valence-electron chi connectivity index (χ1n) is 8.70. The number of anilines is 1. The number of amides is 1. The van der Waals surface area contributed by atoms with Gasteiger partial charge in [-0.3, -0.25) is 9.69 Å². The molecule has 1 N–H and O–H groups in total. The lowest BCUT2D eigenvalue weighted by molar-refractivity contribution is -0.120. The van der Waals surface area contributed by atoms with Gasteiger partial charge in [-0.2, -0.15) is 0 Å². The quantitative estimate of drug-likeness (QED) is 0.623. The molecule has 3 nitrogen and oxygen atoms in total. The van der Waals surface area contributed by atoms with E-state index in [1.165, 1.54) is 16.3 Å². The molecule has 3 rings (SSSR count). The third-order valence-corrected chi connectivity index (χ3v) is 5.45. The highest BCUT2D eigenvalue weighted by atomic mass is 32.2. The number of nitrogens with one attached hydrogen (secondary N) is 1. The number of rotatable bonds is 6. The molecular formula is C22H24N2OS. The SMILES string of the molecule is CSc1ccccc1NC(=O)[C@@H](C)N(C)Cc1ccc2ccccc2c1. The molecule has 0 saturated heterocycles. The molecule has 134 valence electrons. The van der Waals surface area contributed by atoms with Crippen LogP contribution < -0.4 is 5.32 Å². The summed E-state index contributed by atoms with van der Waals surface area (Å²) in [5, 5.41) is 5.52. The van der Waals surface area contributed by atoms with Crippen LogP contribution >= 0.6 is 11.8 Å². The molecule has 0 aromatic heterocycles. The van der Waals surface area contributed by atoms with E-state index in [9.17, 15) is 4.79 Å². The number of carbonyl (C=O) groups excluding carboxylic acids is 1. The fourth-order valence-electron chi connectivity index (χ4n) is 2.95. The van der Waals surface area contributed by atoms with Gasteiger partial charge in [0.1, 0.15) is 0 Å². The number of nitrogens with zero attached hydrogens (tertiary/aromatic N) is 1. The van der Waals surface area contributed by atoms with Crippen molar-refractivity contribution in [3.05, 3.63) is 72.3 Å². The Balaban J connectivity index is 1.68. The molecule has 1 amide bonds. The van der Waals surface area contributed by atoms with Crippen LogP contribution in [0.3, 0.4) is 0 Å². The Labute approximate surface area is 159 Å². The second kappa shape index (κ2) is 8.39. The van der Waals surface area contributed by atoms with Gasteiger partial charge in [-0.25, -0.2) is 0 Å². The molecule has 1 atom stereocenters. The van der Waals surface area contributed by atoms with Gasteiger partial charge in [0.15, 0.2) is 0 Å². The topological polar surface area (TPSA) is 32.3 Å². The lowest BCUT2D eigenvalue weighted by Crippen LogP contribution is -2.39. The molecule has 0 aliphatic heterocycles. The summed E-state index contributed by atoms with van der Waals surface area (Å²) in [7, 11) is 1.99. The Morgan fingerprint density at radius 1 is 1.04 bits per heavy atom. The van der Waals surface area contributed by atoms with Gasteiger partial charge in [-0.05, 0) is 54.8 Å². The molecule has 3 aromatic rings. The predicted octanol–water partition coefficient (Wildman–Crippen LogP) is 5.02. The molecule has 0 radical (unpaired) electrons. The summed E-state index contributed by atoms with van der Waals surface area (Å²) in [5.41, 5.74) is 2.08. The van der Waals surface area contributed by atoms with Gasteiger partial charge in [-0.15, -0.1) is 11.8 Å². The minimum atomic E-state index is -0.226. The summed E-state index contributed by atoms with van der Waals surface area (Å²) in [5.74, 6) is 0.00906. The molecule has 4 heteroatoms. The van der Waals surface area contributed by atoms with Crippen molar-refractivity contribution in [2.45, 2.75) is 24.4 Å². The van der Waals surface area contributed by atoms with Crippen LogP contribution in [0.4, 0.5) is 5.69 Å². The summed E-state index contributed by atoms with van der Waals surface area (Å²) in [6.07, 6.45) is 2.01. The highest BCUT2D eigenvalue weighted by Gasteiger charge is 2.19. The Kier molecular flexibility index (Phi) is 5.96. The first-order chi connectivity index (χ1) is 12.6. The number of hydrogen-bond acceptors (Lipinski definition) is 3. The zero-order valence-electron chi connectivity index (χ0n) is 15.4. The maximum Gasteiger partial charge on any atom is 0.241 e. The van der Waals surface area contributed by atoms with Gasteiger partial charge in [-0.1, -0.05) is 48.5 Å². The van der Waals surface area contributed by atoms with Crippen molar-refractivity contribution in [1.82, 2.24) is 4.90 Å². The van der Waals surface area contributed by atoms with E-state index in [2.05, 4.69) is 46.6 Å². The van der Waals surface area contributed by atoms with Crippen LogP contribution in [0, 0.1) is 0 Å². The number of fused-ring (bicyclic) bond motifs is 1. The number of carbonyl (C=O) groups is 1.